The highest BCUT2D eigenvalue weighted by Crippen LogP contribution is 2.49. The fraction of sp³-hybridized carbons (Fsp3) is 0.611. The van der Waals surface area contributed by atoms with Crippen molar-refractivity contribution in [3.05, 3.63) is 23.8 Å². The lowest BCUT2D eigenvalue weighted by atomic mass is 9.95. The fourth-order valence-electron chi connectivity index (χ4n) is 3.66. The summed E-state index contributed by atoms with van der Waals surface area (Å²) in [7, 11) is 1.85. The minimum absolute atomic E-state index is 0. The summed E-state index contributed by atoms with van der Waals surface area (Å²) in [6.45, 7) is 1.25. The van der Waals surface area contributed by atoms with Gasteiger partial charge in [0.1, 0.15) is 0 Å². The normalized spacial score (nSPS) is 21.3. The van der Waals surface area contributed by atoms with Crippen LogP contribution in [-0.4, -0.2) is 32.4 Å². The van der Waals surface area contributed by atoms with Gasteiger partial charge in [-0.05, 0) is 43.4 Å². The van der Waals surface area contributed by atoms with Crippen molar-refractivity contribution in [3.8, 4) is 11.5 Å². The molecule has 0 bridgehead atoms. The van der Waals surface area contributed by atoms with Gasteiger partial charge in [-0.3, -0.25) is 4.99 Å². The van der Waals surface area contributed by atoms with Crippen LogP contribution in [0.1, 0.15) is 44.1 Å². The van der Waals surface area contributed by atoms with Gasteiger partial charge in [0.15, 0.2) is 17.5 Å². The quantitative estimate of drug-likeness (QED) is 0.427. The Balaban J connectivity index is 0.00000169. The van der Waals surface area contributed by atoms with E-state index in [1.54, 1.807) is 0 Å². The second-order valence-electron chi connectivity index (χ2n) is 6.90. The Hall–Kier alpha value is -1.18. The van der Waals surface area contributed by atoms with E-state index < -0.39 is 0 Å². The average Bonchev–Trinajstić information content (AvgIpc) is 2.99. The summed E-state index contributed by atoms with van der Waals surface area (Å²) < 4.78 is 10.9. The Morgan fingerprint density at radius 3 is 2.67 bits per heavy atom. The van der Waals surface area contributed by atoms with Crippen LogP contribution in [0, 0.1) is 0 Å². The first-order valence-electron chi connectivity index (χ1n) is 8.66. The molecule has 2 N–H and O–H groups in total. The first-order valence-corrected chi connectivity index (χ1v) is 8.66. The number of hydrogen-bond acceptors (Lipinski definition) is 3. The lowest BCUT2D eigenvalue weighted by molar-refractivity contribution is 0.174. The molecule has 2 aliphatic carbocycles. The molecule has 1 heterocycles. The molecular formula is C18H26IN3O2. The van der Waals surface area contributed by atoms with E-state index in [0.29, 0.717) is 12.8 Å². The number of aliphatic imine (C=N–C) groups is 1. The molecule has 1 aromatic carbocycles. The zero-order chi connectivity index (χ0) is 15.7. The summed E-state index contributed by atoms with van der Waals surface area (Å²) in [5.74, 6) is 2.67. The van der Waals surface area contributed by atoms with Gasteiger partial charge in [-0.25, -0.2) is 0 Å². The molecule has 3 aliphatic rings. The van der Waals surface area contributed by atoms with Crippen molar-refractivity contribution in [1.82, 2.24) is 10.6 Å². The van der Waals surface area contributed by atoms with Crippen molar-refractivity contribution in [2.24, 2.45) is 4.99 Å². The van der Waals surface area contributed by atoms with E-state index >= 15 is 0 Å². The maximum atomic E-state index is 5.52. The van der Waals surface area contributed by atoms with E-state index in [0.717, 1.165) is 24.0 Å². The maximum absolute atomic E-state index is 5.52. The largest absolute Gasteiger partial charge is 0.454 e. The molecule has 1 aliphatic heterocycles. The number of nitrogens with one attached hydrogen (secondary N) is 2. The third-order valence-electron chi connectivity index (χ3n) is 5.35. The standard InChI is InChI=1S/C18H25N3O2.HI/c1-19-17(21-14-4-2-3-5-14)20-11-18(8-9-18)13-6-7-15-16(10-13)23-12-22-15;/h6-7,10,14H,2-5,8-9,11-12H2,1H3,(H2,19,20,21);1H. The number of halogens is 1. The number of benzene rings is 1. The minimum atomic E-state index is 0. The van der Waals surface area contributed by atoms with Crippen LogP contribution in [0.3, 0.4) is 0 Å². The van der Waals surface area contributed by atoms with Gasteiger partial charge in [-0.2, -0.15) is 0 Å². The lowest BCUT2D eigenvalue weighted by Crippen LogP contribution is -2.44. The summed E-state index contributed by atoms with van der Waals surface area (Å²) in [6, 6.07) is 6.94. The van der Waals surface area contributed by atoms with Crippen LogP contribution in [0.25, 0.3) is 0 Å². The number of rotatable bonds is 4. The number of ether oxygens (including phenoxy) is 2. The van der Waals surface area contributed by atoms with Gasteiger partial charge in [-0.15, -0.1) is 24.0 Å². The van der Waals surface area contributed by atoms with Crippen LogP contribution in [0.4, 0.5) is 0 Å². The summed E-state index contributed by atoms with van der Waals surface area (Å²) in [6.07, 6.45) is 7.59. The van der Waals surface area contributed by atoms with Crippen LogP contribution in [-0.2, 0) is 5.41 Å². The number of nitrogens with zero attached hydrogens (tertiary/aromatic N) is 1. The Morgan fingerprint density at radius 2 is 1.96 bits per heavy atom. The highest BCUT2D eigenvalue weighted by atomic mass is 127. The molecular weight excluding hydrogens is 417 g/mol. The molecule has 0 radical (unpaired) electrons. The molecule has 0 amide bonds. The predicted octanol–water partition coefficient (Wildman–Crippen LogP) is 3.17. The lowest BCUT2D eigenvalue weighted by Gasteiger charge is -2.21. The van der Waals surface area contributed by atoms with Crippen LogP contribution in [0.5, 0.6) is 11.5 Å². The Morgan fingerprint density at radius 1 is 1.21 bits per heavy atom. The van der Waals surface area contributed by atoms with Gasteiger partial charge in [0.25, 0.3) is 0 Å². The predicted molar refractivity (Wildman–Crippen MR) is 106 cm³/mol. The van der Waals surface area contributed by atoms with Crippen LogP contribution in [0.15, 0.2) is 23.2 Å². The Labute approximate surface area is 160 Å². The van der Waals surface area contributed by atoms with E-state index in [-0.39, 0.29) is 29.4 Å². The average molecular weight is 443 g/mol. The number of hydrogen-bond donors (Lipinski definition) is 2. The van der Waals surface area contributed by atoms with E-state index in [2.05, 4.69) is 27.8 Å². The molecule has 132 valence electrons. The molecule has 0 atom stereocenters. The molecule has 5 nitrogen and oxygen atoms in total. The topological polar surface area (TPSA) is 54.9 Å². The summed E-state index contributed by atoms with van der Waals surface area (Å²) in [5, 5.41) is 7.09. The molecule has 4 rings (SSSR count). The SMILES string of the molecule is CN=C(NCC1(c2ccc3c(c2)OCO3)CC1)NC1CCCC1.I. The van der Waals surface area contributed by atoms with Gasteiger partial charge in [0.2, 0.25) is 6.79 Å². The van der Waals surface area contributed by atoms with Gasteiger partial charge >= 0.3 is 0 Å². The monoisotopic (exact) mass is 443 g/mol. The highest BCUT2D eigenvalue weighted by molar-refractivity contribution is 14.0. The third kappa shape index (κ3) is 3.58. The molecule has 2 saturated carbocycles. The third-order valence-corrected chi connectivity index (χ3v) is 5.35. The summed E-state index contributed by atoms with van der Waals surface area (Å²) >= 11 is 0. The minimum Gasteiger partial charge on any atom is -0.454 e. The molecule has 0 spiro atoms. The van der Waals surface area contributed by atoms with Gasteiger partial charge < -0.3 is 20.1 Å². The molecule has 1 aromatic rings. The van der Waals surface area contributed by atoms with Crippen molar-refractivity contribution < 1.29 is 9.47 Å². The van der Waals surface area contributed by atoms with Crippen LogP contribution >= 0.6 is 24.0 Å². The van der Waals surface area contributed by atoms with Crippen molar-refractivity contribution in [3.63, 3.8) is 0 Å². The molecule has 2 fully saturated rings. The van der Waals surface area contributed by atoms with Crippen LogP contribution in [0.2, 0.25) is 0 Å². The van der Waals surface area contributed by atoms with Crippen LogP contribution < -0.4 is 20.1 Å². The van der Waals surface area contributed by atoms with Gasteiger partial charge in [0.05, 0.1) is 0 Å². The zero-order valence-corrected chi connectivity index (χ0v) is 16.5. The first kappa shape index (κ1) is 17.6. The Kier molecular flexibility index (Phi) is 5.42. The fourth-order valence-corrected chi connectivity index (χ4v) is 3.66. The molecule has 6 heteroatoms. The highest BCUT2D eigenvalue weighted by Gasteiger charge is 2.44. The number of fused-ring (bicyclic) bond motifs is 1. The zero-order valence-electron chi connectivity index (χ0n) is 14.1. The summed E-state index contributed by atoms with van der Waals surface area (Å²) in [4.78, 5) is 4.38. The maximum Gasteiger partial charge on any atom is 0.231 e. The van der Waals surface area contributed by atoms with E-state index in [4.69, 9.17) is 9.47 Å². The second kappa shape index (κ2) is 7.37. The van der Waals surface area contributed by atoms with Crippen molar-refractivity contribution in [1.29, 1.82) is 0 Å². The van der Waals surface area contributed by atoms with Gasteiger partial charge in [0, 0.05) is 25.0 Å². The van der Waals surface area contributed by atoms with Crippen molar-refractivity contribution in [2.45, 2.75) is 50.0 Å². The van der Waals surface area contributed by atoms with E-state index in [1.165, 1.54) is 44.1 Å². The smallest absolute Gasteiger partial charge is 0.231 e. The summed E-state index contributed by atoms with van der Waals surface area (Å²) in [5.41, 5.74) is 1.56. The molecule has 0 aromatic heterocycles. The second-order valence-corrected chi connectivity index (χ2v) is 6.90. The Bertz CT molecular complexity index is 610. The van der Waals surface area contributed by atoms with Crippen molar-refractivity contribution in [2.75, 3.05) is 20.4 Å². The van der Waals surface area contributed by atoms with Gasteiger partial charge in [-0.1, -0.05) is 18.9 Å². The van der Waals surface area contributed by atoms with E-state index in [1.807, 2.05) is 13.1 Å². The molecule has 24 heavy (non-hydrogen) atoms. The molecule has 0 unspecified atom stereocenters. The number of guanidine groups is 1. The van der Waals surface area contributed by atoms with E-state index in [9.17, 15) is 0 Å². The first-order chi connectivity index (χ1) is 11.3. The molecule has 0 saturated heterocycles. The van der Waals surface area contributed by atoms with Crippen molar-refractivity contribution >= 4 is 29.9 Å².